The lowest BCUT2D eigenvalue weighted by molar-refractivity contribution is -0.122. The standard InChI is InChI=1S/C15H15BrN2O/c16-13-8-4-5-11(9-13)10-18-15(19)14(17)12-6-2-1-3-7-12/h1-9,14H,10,17H2,(H,18,19)/t14-/m1/s1. The van der Waals surface area contributed by atoms with Gasteiger partial charge in [0, 0.05) is 11.0 Å². The number of rotatable bonds is 4. The Morgan fingerprint density at radius 1 is 1.16 bits per heavy atom. The molecule has 1 atom stereocenters. The third kappa shape index (κ3) is 3.91. The van der Waals surface area contributed by atoms with Crippen molar-refractivity contribution >= 4 is 21.8 Å². The van der Waals surface area contributed by atoms with E-state index in [1.165, 1.54) is 0 Å². The molecule has 0 saturated heterocycles. The molecule has 0 radical (unpaired) electrons. The maximum absolute atomic E-state index is 12.0. The molecular formula is C15H15BrN2O. The molecule has 0 bridgehead atoms. The molecule has 4 heteroatoms. The molecule has 0 heterocycles. The number of benzene rings is 2. The summed E-state index contributed by atoms with van der Waals surface area (Å²) in [6, 6.07) is 16.5. The maximum atomic E-state index is 12.0. The molecule has 0 aliphatic heterocycles. The van der Waals surface area contributed by atoms with Gasteiger partial charge in [-0.2, -0.15) is 0 Å². The zero-order valence-corrected chi connectivity index (χ0v) is 11.9. The van der Waals surface area contributed by atoms with Crippen molar-refractivity contribution in [2.75, 3.05) is 0 Å². The lowest BCUT2D eigenvalue weighted by Gasteiger charge is -2.12. The Labute approximate surface area is 121 Å². The first-order valence-corrected chi connectivity index (χ1v) is 6.79. The minimum Gasteiger partial charge on any atom is -0.350 e. The van der Waals surface area contributed by atoms with Gasteiger partial charge in [0.25, 0.3) is 0 Å². The Hall–Kier alpha value is -1.65. The van der Waals surface area contributed by atoms with Gasteiger partial charge < -0.3 is 11.1 Å². The van der Waals surface area contributed by atoms with E-state index in [-0.39, 0.29) is 5.91 Å². The molecule has 0 aromatic heterocycles. The Balaban J connectivity index is 1.95. The molecule has 3 nitrogen and oxygen atoms in total. The number of hydrogen-bond donors (Lipinski definition) is 2. The molecule has 0 unspecified atom stereocenters. The van der Waals surface area contributed by atoms with Gasteiger partial charge in [0.05, 0.1) is 0 Å². The molecule has 2 aromatic rings. The van der Waals surface area contributed by atoms with Crippen LogP contribution in [-0.2, 0) is 11.3 Å². The molecule has 3 N–H and O–H groups in total. The fraction of sp³-hybridized carbons (Fsp3) is 0.133. The van der Waals surface area contributed by atoms with Crippen LogP contribution in [0.2, 0.25) is 0 Å². The van der Waals surface area contributed by atoms with Crippen molar-refractivity contribution in [1.82, 2.24) is 5.32 Å². The van der Waals surface area contributed by atoms with Crippen LogP contribution in [0.1, 0.15) is 17.2 Å². The summed E-state index contributed by atoms with van der Waals surface area (Å²) in [5, 5.41) is 2.84. The highest BCUT2D eigenvalue weighted by molar-refractivity contribution is 9.10. The van der Waals surface area contributed by atoms with Crippen LogP contribution in [0.3, 0.4) is 0 Å². The van der Waals surface area contributed by atoms with E-state index in [0.717, 1.165) is 15.6 Å². The predicted octanol–water partition coefficient (Wildman–Crippen LogP) is 2.77. The predicted molar refractivity (Wildman–Crippen MR) is 79.4 cm³/mol. The van der Waals surface area contributed by atoms with Gasteiger partial charge in [-0.1, -0.05) is 58.4 Å². The Morgan fingerprint density at radius 3 is 2.58 bits per heavy atom. The average molecular weight is 319 g/mol. The number of halogens is 1. The van der Waals surface area contributed by atoms with Gasteiger partial charge in [-0.15, -0.1) is 0 Å². The smallest absolute Gasteiger partial charge is 0.241 e. The van der Waals surface area contributed by atoms with Crippen molar-refractivity contribution < 1.29 is 4.79 Å². The second-order valence-electron chi connectivity index (χ2n) is 4.24. The zero-order chi connectivity index (χ0) is 13.7. The summed E-state index contributed by atoms with van der Waals surface area (Å²) in [5.74, 6) is -0.175. The normalized spacial score (nSPS) is 11.9. The molecule has 0 fully saturated rings. The molecule has 0 saturated carbocycles. The number of carbonyl (C=O) groups is 1. The van der Waals surface area contributed by atoms with Crippen LogP contribution in [0.15, 0.2) is 59.1 Å². The highest BCUT2D eigenvalue weighted by Gasteiger charge is 2.14. The van der Waals surface area contributed by atoms with Crippen LogP contribution in [-0.4, -0.2) is 5.91 Å². The van der Waals surface area contributed by atoms with E-state index in [2.05, 4.69) is 21.2 Å². The van der Waals surface area contributed by atoms with Gasteiger partial charge in [-0.25, -0.2) is 0 Å². The van der Waals surface area contributed by atoms with Crippen molar-refractivity contribution in [3.05, 3.63) is 70.2 Å². The summed E-state index contributed by atoms with van der Waals surface area (Å²) in [4.78, 5) is 12.0. The molecule has 98 valence electrons. The van der Waals surface area contributed by atoms with Gasteiger partial charge >= 0.3 is 0 Å². The summed E-state index contributed by atoms with van der Waals surface area (Å²) in [6.07, 6.45) is 0. The number of amides is 1. The summed E-state index contributed by atoms with van der Waals surface area (Å²) >= 11 is 3.40. The second kappa shape index (κ2) is 6.50. The van der Waals surface area contributed by atoms with Crippen molar-refractivity contribution in [2.45, 2.75) is 12.6 Å². The molecular weight excluding hydrogens is 304 g/mol. The monoisotopic (exact) mass is 318 g/mol. The lowest BCUT2D eigenvalue weighted by atomic mass is 10.1. The number of hydrogen-bond acceptors (Lipinski definition) is 2. The van der Waals surface area contributed by atoms with Crippen LogP contribution in [0.25, 0.3) is 0 Å². The maximum Gasteiger partial charge on any atom is 0.241 e. The number of carbonyl (C=O) groups excluding carboxylic acids is 1. The molecule has 0 aliphatic carbocycles. The zero-order valence-electron chi connectivity index (χ0n) is 10.3. The van der Waals surface area contributed by atoms with Gasteiger partial charge in [-0.3, -0.25) is 4.79 Å². The van der Waals surface area contributed by atoms with E-state index >= 15 is 0 Å². The molecule has 1 amide bonds. The quantitative estimate of drug-likeness (QED) is 0.910. The van der Waals surface area contributed by atoms with E-state index in [0.29, 0.717) is 6.54 Å². The summed E-state index contributed by atoms with van der Waals surface area (Å²) < 4.78 is 0.992. The van der Waals surface area contributed by atoms with Crippen LogP contribution in [0.4, 0.5) is 0 Å². The van der Waals surface area contributed by atoms with E-state index < -0.39 is 6.04 Å². The Kier molecular flexibility index (Phi) is 4.71. The van der Waals surface area contributed by atoms with Crippen molar-refractivity contribution in [1.29, 1.82) is 0 Å². The van der Waals surface area contributed by atoms with E-state index in [4.69, 9.17) is 5.73 Å². The second-order valence-corrected chi connectivity index (χ2v) is 5.15. The minimum absolute atomic E-state index is 0.175. The molecule has 19 heavy (non-hydrogen) atoms. The largest absolute Gasteiger partial charge is 0.350 e. The topological polar surface area (TPSA) is 55.1 Å². The summed E-state index contributed by atoms with van der Waals surface area (Å²) in [5.41, 5.74) is 7.76. The first-order valence-electron chi connectivity index (χ1n) is 5.99. The van der Waals surface area contributed by atoms with Crippen LogP contribution >= 0.6 is 15.9 Å². The summed E-state index contributed by atoms with van der Waals surface area (Å²) in [6.45, 7) is 0.471. The fourth-order valence-corrected chi connectivity index (χ4v) is 2.20. The molecule has 2 aromatic carbocycles. The third-order valence-corrected chi connectivity index (χ3v) is 3.29. The number of nitrogens with two attached hydrogens (primary N) is 1. The van der Waals surface area contributed by atoms with Crippen LogP contribution in [0, 0.1) is 0 Å². The van der Waals surface area contributed by atoms with E-state index in [1.54, 1.807) is 0 Å². The number of nitrogens with one attached hydrogen (secondary N) is 1. The lowest BCUT2D eigenvalue weighted by Crippen LogP contribution is -2.33. The van der Waals surface area contributed by atoms with Crippen molar-refractivity contribution in [3.63, 3.8) is 0 Å². The Bertz CT molecular complexity index is 557. The highest BCUT2D eigenvalue weighted by atomic mass is 79.9. The summed E-state index contributed by atoms with van der Waals surface area (Å²) in [7, 11) is 0. The fourth-order valence-electron chi connectivity index (χ4n) is 1.76. The van der Waals surface area contributed by atoms with Crippen molar-refractivity contribution in [2.24, 2.45) is 5.73 Å². The van der Waals surface area contributed by atoms with Crippen LogP contribution in [0.5, 0.6) is 0 Å². The van der Waals surface area contributed by atoms with Gasteiger partial charge in [0.2, 0.25) is 5.91 Å². The molecule has 0 spiro atoms. The molecule has 2 rings (SSSR count). The first kappa shape index (κ1) is 13.8. The SMILES string of the molecule is N[C@@H](C(=O)NCc1cccc(Br)c1)c1ccccc1. The first-order chi connectivity index (χ1) is 9.16. The Morgan fingerprint density at radius 2 is 1.89 bits per heavy atom. The van der Waals surface area contributed by atoms with Gasteiger partial charge in [-0.05, 0) is 23.3 Å². The van der Waals surface area contributed by atoms with E-state index in [1.807, 2.05) is 54.6 Å². The minimum atomic E-state index is -0.631. The van der Waals surface area contributed by atoms with Gasteiger partial charge in [0.1, 0.15) is 6.04 Å². The van der Waals surface area contributed by atoms with Gasteiger partial charge in [0.15, 0.2) is 0 Å². The molecule has 0 aliphatic rings. The third-order valence-electron chi connectivity index (χ3n) is 2.80. The van der Waals surface area contributed by atoms with E-state index in [9.17, 15) is 4.79 Å². The average Bonchev–Trinajstić information content (AvgIpc) is 2.45. The van der Waals surface area contributed by atoms with Crippen molar-refractivity contribution in [3.8, 4) is 0 Å². The highest BCUT2D eigenvalue weighted by Crippen LogP contribution is 2.12. The van der Waals surface area contributed by atoms with Crippen LogP contribution < -0.4 is 11.1 Å².